The highest BCUT2D eigenvalue weighted by Gasteiger charge is 2.24. The third kappa shape index (κ3) is 6.50. The normalized spacial score (nSPS) is 18.7. The number of hydrogen-bond acceptors (Lipinski definition) is 4. The third-order valence-electron chi connectivity index (χ3n) is 4.70. The predicted octanol–water partition coefficient (Wildman–Crippen LogP) is 3.97. The van der Waals surface area contributed by atoms with E-state index in [1.807, 2.05) is 24.8 Å². The fraction of sp³-hybridized carbons (Fsp3) is 0.409. The minimum absolute atomic E-state index is 0.0573. The van der Waals surface area contributed by atoms with Gasteiger partial charge in [0.2, 0.25) is 0 Å². The second-order valence-electron chi connectivity index (χ2n) is 7.36. The van der Waals surface area contributed by atoms with Crippen molar-refractivity contribution in [3.8, 4) is 5.75 Å². The molecule has 1 heterocycles. The maximum absolute atomic E-state index is 14.6. The Bertz CT molecular complexity index is 840. The van der Waals surface area contributed by atoms with Crippen LogP contribution in [0.25, 0.3) is 0 Å². The number of halogens is 2. The van der Waals surface area contributed by atoms with Crippen molar-refractivity contribution >= 4 is 23.3 Å². The zero-order valence-corrected chi connectivity index (χ0v) is 17.9. The van der Waals surface area contributed by atoms with Crippen LogP contribution in [0, 0.1) is 5.82 Å². The molecule has 0 radical (unpaired) electrons. The summed E-state index contributed by atoms with van der Waals surface area (Å²) < 4.78 is 25.8. The standard InChI is InChI=1S/C22H27ClFN3O3/c1-15-13-27(14-16(2)30-15)21-8-3-17(11-20(21)24)12-26-22(28)25-9-10-29-19-6-4-18(23)5-7-19/h3-8,11,15-16H,9-10,12-14H2,1-2H3,(H2,25,26,28). The Labute approximate surface area is 181 Å². The van der Waals surface area contributed by atoms with E-state index in [2.05, 4.69) is 10.6 Å². The Kier molecular flexibility index (Phi) is 7.76. The van der Waals surface area contributed by atoms with E-state index in [4.69, 9.17) is 21.1 Å². The summed E-state index contributed by atoms with van der Waals surface area (Å²) in [6, 6.07) is 11.7. The van der Waals surface area contributed by atoms with Gasteiger partial charge < -0.3 is 25.0 Å². The molecule has 30 heavy (non-hydrogen) atoms. The molecule has 2 N–H and O–H groups in total. The quantitative estimate of drug-likeness (QED) is 0.646. The lowest BCUT2D eigenvalue weighted by atomic mass is 10.1. The first-order valence-electron chi connectivity index (χ1n) is 9.99. The average molecular weight is 436 g/mol. The van der Waals surface area contributed by atoms with Crippen LogP contribution < -0.4 is 20.3 Å². The van der Waals surface area contributed by atoms with E-state index in [9.17, 15) is 9.18 Å². The second kappa shape index (κ2) is 10.5. The van der Waals surface area contributed by atoms with Gasteiger partial charge in [-0.25, -0.2) is 9.18 Å². The molecule has 2 aromatic carbocycles. The van der Waals surface area contributed by atoms with Crippen LogP contribution >= 0.6 is 11.6 Å². The fourth-order valence-electron chi connectivity index (χ4n) is 3.40. The van der Waals surface area contributed by atoms with Crippen LogP contribution in [0.1, 0.15) is 19.4 Å². The molecule has 1 saturated heterocycles. The van der Waals surface area contributed by atoms with E-state index in [-0.39, 0.29) is 30.6 Å². The number of benzene rings is 2. The molecule has 1 aliphatic heterocycles. The van der Waals surface area contributed by atoms with Crippen LogP contribution in [0.3, 0.4) is 0 Å². The van der Waals surface area contributed by atoms with Crippen LogP contribution in [0.5, 0.6) is 5.75 Å². The summed E-state index contributed by atoms with van der Waals surface area (Å²) in [5.41, 5.74) is 1.25. The molecular weight excluding hydrogens is 409 g/mol. The highest BCUT2D eigenvalue weighted by atomic mass is 35.5. The lowest BCUT2D eigenvalue weighted by Crippen LogP contribution is -2.45. The average Bonchev–Trinajstić information content (AvgIpc) is 2.70. The number of rotatable bonds is 7. The summed E-state index contributed by atoms with van der Waals surface area (Å²) in [5.74, 6) is 0.383. The minimum Gasteiger partial charge on any atom is -0.492 e. The van der Waals surface area contributed by atoms with Crippen molar-refractivity contribution in [1.29, 1.82) is 0 Å². The van der Waals surface area contributed by atoms with Crippen LogP contribution in [-0.4, -0.2) is 44.5 Å². The number of nitrogens with one attached hydrogen (secondary N) is 2. The molecule has 2 atom stereocenters. The Balaban J connectivity index is 1.41. The van der Waals surface area contributed by atoms with Crippen LogP contribution in [-0.2, 0) is 11.3 Å². The molecule has 162 valence electrons. The lowest BCUT2D eigenvalue weighted by molar-refractivity contribution is -0.00539. The maximum atomic E-state index is 14.6. The SMILES string of the molecule is CC1CN(c2ccc(CNC(=O)NCCOc3ccc(Cl)cc3)cc2F)CC(C)O1. The molecule has 0 aliphatic carbocycles. The molecule has 6 nitrogen and oxygen atoms in total. The van der Waals surface area contributed by atoms with Crippen LogP contribution in [0.2, 0.25) is 5.02 Å². The van der Waals surface area contributed by atoms with E-state index in [0.717, 1.165) is 0 Å². The van der Waals surface area contributed by atoms with Gasteiger partial charge in [0.15, 0.2) is 0 Å². The number of nitrogens with zero attached hydrogens (tertiary/aromatic N) is 1. The van der Waals surface area contributed by atoms with Gasteiger partial charge in [-0.3, -0.25) is 0 Å². The first-order valence-corrected chi connectivity index (χ1v) is 10.4. The van der Waals surface area contributed by atoms with Gasteiger partial charge in [0, 0.05) is 24.7 Å². The molecule has 1 aliphatic rings. The van der Waals surface area contributed by atoms with Gasteiger partial charge in [0.1, 0.15) is 18.2 Å². The molecule has 0 saturated carbocycles. The highest BCUT2D eigenvalue weighted by Crippen LogP contribution is 2.24. The summed E-state index contributed by atoms with van der Waals surface area (Å²) >= 11 is 5.82. The van der Waals surface area contributed by atoms with Gasteiger partial charge in [-0.2, -0.15) is 0 Å². The van der Waals surface area contributed by atoms with Crippen molar-refractivity contribution in [3.63, 3.8) is 0 Å². The van der Waals surface area contributed by atoms with Gasteiger partial charge in [-0.05, 0) is 55.8 Å². The van der Waals surface area contributed by atoms with Crippen molar-refractivity contribution in [2.24, 2.45) is 0 Å². The van der Waals surface area contributed by atoms with Gasteiger partial charge in [-0.1, -0.05) is 17.7 Å². The summed E-state index contributed by atoms with van der Waals surface area (Å²) in [4.78, 5) is 13.9. The number of carbonyl (C=O) groups excluding carboxylic acids is 1. The number of amides is 2. The molecule has 0 bridgehead atoms. The zero-order valence-electron chi connectivity index (χ0n) is 17.2. The lowest BCUT2D eigenvalue weighted by Gasteiger charge is -2.37. The van der Waals surface area contributed by atoms with Gasteiger partial charge >= 0.3 is 6.03 Å². The Morgan fingerprint density at radius 3 is 2.53 bits per heavy atom. The summed E-state index contributed by atoms with van der Waals surface area (Å²) in [6.45, 7) is 6.18. The highest BCUT2D eigenvalue weighted by molar-refractivity contribution is 6.30. The molecular formula is C22H27ClFN3O3. The summed E-state index contributed by atoms with van der Waals surface area (Å²) in [5, 5.41) is 6.06. The first-order chi connectivity index (χ1) is 14.4. The molecule has 3 rings (SSSR count). The van der Waals surface area contributed by atoms with Gasteiger partial charge in [0.05, 0.1) is 24.4 Å². The summed E-state index contributed by atoms with van der Waals surface area (Å²) in [7, 11) is 0. The number of morpholine rings is 1. The number of ether oxygens (including phenoxy) is 2. The largest absolute Gasteiger partial charge is 0.492 e. The predicted molar refractivity (Wildman–Crippen MR) is 116 cm³/mol. The molecule has 8 heteroatoms. The maximum Gasteiger partial charge on any atom is 0.315 e. The van der Waals surface area contributed by atoms with Gasteiger partial charge in [-0.15, -0.1) is 0 Å². The van der Waals surface area contributed by atoms with E-state index < -0.39 is 0 Å². The summed E-state index contributed by atoms with van der Waals surface area (Å²) in [6.07, 6.45) is 0.115. The Hall–Kier alpha value is -2.51. The van der Waals surface area contributed by atoms with E-state index in [0.29, 0.717) is 48.3 Å². The van der Waals surface area contributed by atoms with Crippen LogP contribution in [0.4, 0.5) is 14.9 Å². The number of carbonyl (C=O) groups is 1. The van der Waals surface area contributed by atoms with E-state index >= 15 is 0 Å². The fourth-order valence-corrected chi connectivity index (χ4v) is 3.53. The van der Waals surface area contributed by atoms with Crippen molar-refractivity contribution in [2.75, 3.05) is 31.1 Å². The number of urea groups is 1. The zero-order chi connectivity index (χ0) is 21.5. The molecule has 2 amide bonds. The minimum atomic E-state index is -0.338. The third-order valence-corrected chi connectivity index (χ3v) is 4.95. The van der Waals surface area contributed by atoms with Crippen LogP contribution in [0.15, 0.2) is 42.5 Å². The van der Waals surface area contributed by atoms with Crippen molar-refractivity contribution < 1.29 is 18.7 Å². The molecule has 2 unspecified atom stereocenters. The number of hydrogen-bond donors (Lipinski definition) is 2. The molecule has 2 aromatic rings. The topological polar surface area (TPSA) is 62.8 Å². The monoisotopic (exact) mass is 435 g/mol. The van der Waals surface area contributed by atoms with Crippen molar-refractivity contribution in [3.05, 3.63) is 58.9 Å². The first kappa shape index (κ1) is 22.2. The van der Waals surface area contributed by atoms with Crippen molar-refractivity contribution in [1.82, 2.24) is 10.6 Å². The van der Waals surface area contributed by atoms with E-state index in [1.54, 1.807) is 30.3 Å². The van der Waals surface area contributed by atoms with E-state index in [1.165, 1.54) is 6.07 Å². The second-order valence-corrected chi connectivity index (χ2v) is 7.80. The molecule has 0 aromatic heterocycles. The van der Waals surface area contributed by atoms with Gasteiger partial charge in [0.25, 0.3) is 0 Å². The Morgan fingerprint density at radius 1 is 1.17 bits per heavy atom. The molecule has 1 fully saturated rings. The molecule has 0 spiro atoms. The van der Waals surface area contributed by atoms with Crippen molar-refractivity contribution in [2.45, 2.75) is 32.6 Å². The smallest absolute Gasteiger partial charge is 0.315 e. The number of anilines is 1. The Morgan fingerprint density at radius 2 is 1.87 bits per heavy atom.